The van der Waals surface area contributed by atoms with Crippen molar-refractivity contribution in [3.05, 3.63) is 71.5 Å². The third kappa shape index (κ3) is 5.02. The van der Waals surface area contributed by atoms with Crippen LogP contribution in [0.15, 0.2) is 60.0 Å². The fourth-order valence-corrected chi connectivity index (χ4v) is 4.14. The van der Waals surface area contributed by atoms with Gasteiger partial charge in [0.25, 0.3) is 0 Å². The Balaban J connectivity index is 1.71. The number of sulfonamides is 1. The molecule has 1 heterocycles. The highest BCUT2D eigenvalue weighted by atomic mass is 32.2. The summed E-state index contributed by atoms with van der Waals surface area (Å²) in [4.78, 5) is 16.9. The van der Waals surface area contributed by atoms with Crippen molar-refractivity contribution in [2.45, 2.75) is 19.0 Å². The molecule has 0 fully saturated rings. The summed E-state index contributed by atoms with van der Waals surface area (Å²) in [7, 11) is -3.34. The summed E-state index contributed by atoms with van der Waals surface area (Å²) in [6.07, 6.45) is 4.70. The van der Waals surface area contributed by atoms with Gasteiger partial charge in [0.05, 0.1) is 17.7 Å². The van der Waals surface area contributed by atoms with E-state index in [0.29, 0.717) is 11.3 Å². The summed E-state index contributed by atoms with van der Waals surface area (Å²) in [6, 6.07) is 12.6. The number of ketones is 1. The smallest absolute Gasteiger partial charge is 0.229 e. The molecule has 28 heavy (non-hydrogen) atoms. The number of imidazole rings is 1. The number of carbonyl (C=O) groups excluding carboxylic acids is 1. The van der Waals surface area contributed by atoms with Gasteiger partial charge in [0.2, 0.25) is 10.0 Å². The zero-order valence-electron chi connectivity index (χ0n) is 15.8. The minimum Gasteiger partial charge on any atom is -0.295 e. The molecule has 8 heteroatoms. The average molecular weight is 416 g/mol. The summed E-state index contributed by atoms with van der Waals surface area (Å²) in [5.41, 5.74) is 4.28. The number of nitrogens with one attached hydrogen (secondary N) is 1. The molecule has 0 saturated carbocycles. The van der Waals surface area contributed by atoms with Crippen molar-refractivity contribution in [3.63, 3.8) is 0 Å². The second kappa shape index (κ2) is 8.20. The van der Waals surface area contributed by atoms with E-state index in [1.165, 1.54) is 11.8 Å². The summed E-state index contributed by atoms with van der Waals surface area (Å²) < 4.78 is 26.9. The van der Waals surface area contributed by atoms with E-state index < -0.39 is 10.0 Å². The molecule has 3 aromatic rings. The molecular formula is C20H21N3O3S2. The number of hydrogen-bond donors (Lipinski definition) is 1. The molecule has 0 radical (unpaired) electrons. The first-order chi connectivity index (χ1) is 13.2. The van der Waals surface area contributed by atoms with Crippen LogP contribution in [-0.2, 0) is 10.0 Å². The lowest BCUT2D eigenvalue weighted by molar-refractivity contribution is 0.102. The van der Waals surface area contributed by atoms with Crippen molar-refractivity contribution in [1.29, 1.82) is 0 Å². The van der Waals surface area contributed by atoms with Gasteiger partial charge in [-0.1, -0.05) is 23.9 Å². The number of aryl methyl sites for hydroxylation is 2. The highest BCUT2D eigenvalue weighted by molar-refractivity contribution is 7.99. The SMILES string of the molecule is Cc1ccc(C)c(-n2ccnc2SCC(=O)c2ccc(NS(C)(=O)=O)cc2)c1. The largest absolute Gasteiger partial charge is 0.295 e. The van der Waals surface area contributed by atoms with Crippen LogP contribution in [0, 0.1) is 13.8 Å². The molecule has 0 atom stereocenters. The number of nitrogens with zero attached hydrogens (tertiary/aromatic N) is 2. The monoisotopic (exact) mass is 415 g/mol. The molecule has 6 nitrogen and oxygen atoms in total. The Morgan fingerprint density at radius 1 is 1.14 bits per heavy atom. The van der Waals surface area contributed by atoms with Crippen LogP contribution in [0.2, 0.25) is 0 Å². The van der Waals surface area contributed by atoms with Gasteiger partial charge < -0.3 is 0 Å². The summed E-state index contributed by atoms with van der Waals surface area (Å²) in [5, 5.41) is 0.748. The lowest BCUT2D eigenvalue weighted by Crippen LogP contribution is -2.10. The molecule has 0 amide bonds. The number of rotatable bonds is 7. The number of hydrogen-bond acceptors (Lipinski definition) is 5. The highest BCUT2D eigenvalue weighted by Crippen LogP contribution is 2.24. The summed E-state index contributed by atoms with van der Waals surface area (Å²) in [5.74, 6) is 0.187. The van der Waals surface area contributed by atoms with Crippen LogP contribution in [-0.4, -0.2) is 35.8 Å². The van der Waals surface area contributed by atoms with E-state index in [-0.39, 0.29) is 11.5 Å². The van der Waals surface area contributed by atoms with Gasteiger partial charge in [-0.2, -0.15) is 0 Å². The Morgan fingerprint density at radius 3 is 2.54 bits per heavy atom. The van der Waals surface area contributed by atoms with E-state index in [1.807, 2.05) is 24.6 Å². The molecule has 0 bridgehead atoms. The van der Waals surface area contributed by atoms with Crippen molar-refractivity contribution in [2.24, 2.45) is 0 Å². The van der Waals surface area contributed by atoms with Gasteiger partial charge in [0.1, 0.15) is 0 Å². The third-order valence-electron chi connectivity index (χ3n) is 4.07. The first kappa shape index (κ1) is 20.2. The van der Waals surface area contributed by atoms with Crippen molar-refractivity contribution >= 4 is 33.3 Å². The first-order valence-corrected chi connectivity index (χ1v) is 11.5. The van der Waals surface area contributed by atoms with Gasteiger partial charge in [-0.15, -0.1) is 0 Å². The van der Waals surface area contributed by atoms with Crippen LogP contribution in [0.3, 0.4) is 0 Å². The Morgan fingerprint density at radius 2 is 1.86 bits per heavy atom. The fourth-order valence-electron chi connectivity index (χ4n) is 2.71. The average Bonchev–Trinajstić information content (AvgIpc) is 3.09. The number of carbonyl (C=O) groups is 1. The highest BCUT2D eigenvalue weighted by Gasteiger charge is 2.12. The van der Waals surface area contributed by atoms with Crippen LogP contribution < -0.4 is 4.72 Å². The molecule has 1 aromatic heterocycles. The minimum absolute atomic E-state index is 0.0496. The quantitative estimate of drug-likeness (QED) is 0.468. The lowest BCUT2D eigenvalue weighted by atomic mass is 10.1. The summed E-state index contributed by atoms with van der Waals surface area (Å²) in [6.45, 7) is 4.08. The van der Waals surface area contributed by atoms with E-state index >= 15 is 0 Å². The van der Waals surface area contributed by atoms with Gasteiger partial charge >= 0.3 is 0 Å². The predicted octanol–water partition coefficient (Wildman–Crippen LogP) is 3.84. The molecule has 0 unspecified atom stereocenters. The molecule has 3 rings (SSSR count). The van der Waals surface area contributed by atoms with Crippen LogP contribution in [0.4, 0.5) is 5.69 Å². The first-order valence-electron chi connectivity index (χ1n) is 8.58. The molecule has 2 aromatic carbocycles. The zero-order valence-corrected chi connectivity index (χ0v) is 17.5. The number of aromatic nitrogens is 2. The second-order valence-corrected chi connectivity index (χ2v) is 9.22. The maximum Gasteiger partial charge on any atom is 0.229 e. The van der Waals surface area contributed by atoms with Gasteiger partial charge in [-0.3, -0.25) is 14.1 Å². The Hall–Kier alpha value is -2.58. The van der Waals surface area contributed by atoms with Crippen molar-refractivity contribution in [2.75, 3.05) is 16.7 Å². The van der Waals surface area contributed by atoms with Gasteiger partial charge in [-0.25, -0.2) is 13.4 Å². The lowest BCUT2D eigenvalue weighted by Gasteiger charge is -2.11. The summed E-state index contributed by atoms with van der Waals surface area (Å²) >= 11 is 1.37. The molecular weight excluding hydrogens is 394 g/mol. The van der Waals surface area contributed by atoms with Crippen molar-refractivity contribution in [1.82, 2.24) is 9.55 Å². The molecule has 0 aliphatic carbocycles. The van der Waals surface area contributed by atoms with Crippen LogP contribution >= 0.6 is 11.8 Å². The number of benzene rings is 2. The molecule has 146 valence electrons. The zero-order chi connectivity index (χ0) is 20.3. The number of thioether (sulfide) groups is 1. The van der Waals surface area contributed by atoms with Gasteiger partial charge in [0, 0.05) is 23.6 Å². The van der Waals surface area contributed by atoms with Crippen LogP contribution in [0.1, 0.15) is 21.5 Å². The maximum atomic E-state index is 12.5. The van der Waals surface area contributed by atoms with Gasteiger partial charge in [0.15, 0.2) is 10.9 Å². The van der Waals surface area contributed by atoms with E-state index in [9.17, 15) is 13.2 Å². The van der Waals surface area contributed by atoms with E-state index in [1.54, 1.807) is 30.5 Å². The maximum absolute atomic E-state index is 12.5. The van der Waals surface area contributed by atoms with Crippen LogP contribution in [0.5, 0.6) is 0 Å². The molecule has 0 spiro atoms. The van der Waals surface area contributed by atoms with Gasteiger partial charge in [-0.05, 0) is 55.3 Å². The number of Topliss-reactive ketones (excluding diaryl/α,β-unsaturated/α-hetero) is 1. The Bertz CT molecular complexity index is 1100. The van der Waals surface area contributed by atoms with E-state index in [2.05, 4.69) is 27.9 Å². The minimum atomic E-state index is -3.34. The molecule has 0 saturated heterocycles. The second-order valence-electron chi connectivity index (χ2n) is 6.53. The Labute approximate surface area is 169 Å². The normalized spacial score (nSPS) is 11.4. The standard InChI is InChI=1S/C20H21N3O3S2/c1-14-4-5-15(2)18(12-14)23-11-10-21-20(23)27-13-19(24)16-6-8-17(9-7-16)22-28(3,25)26/h4-12,22H,13H2,1-3H3. The topological polar surface area (TPSA) is 81.1 Å². The van der Waals surface area contributed by atoms with Crippen molar-refractivity contribution < 1.29 is 13.2 Å². The number of anilines is 1. The molecule has 1 N–H and O–H groups in total. The molecule has 0 aliphatic rings. The Kier molecular flexibility index (Phi) is 5.90. The predicted molar refractivity (Wildman–Crippen MR) is 113 cm³/mol. The molecule has 0 aliphatic heterocycles. The van der Waals surface area contributed by atoms with E-state index in [4.69, 9.17) is 0 Å². The fraction of sp³-hybridized carbons (Fsp3) is 0.200. The third-order valence-corrected chi connectivity index (χ3v) is 5.65. The van der Waals surface area contributed by atoms with Crippen molar-refractivity contribution in [3.8, 4) is 5.69 Å². The van der Waals surface area contributed by atoms with E-state index in [0.717, 1.165) is 28.2 Å². The van der Waals surface area contributed by atoms with Crippen LogP contribution in [0.25, 0.3) is 5.69 Å².